The van der Waals surface area contributed by atoms with E-state index in [9.17, 15) is 14.9 Å². The third kappa shape index (κ3) is 6.74. The molecule has 3 atom stereocenters. The van der Waals surface area contributed by atoms with Gasteiger partial charge in [-0.1, -0.05) is 48.0 Å². The summed E-state index contributed by atoms with van der Waals surface area (Å²) in [7, 11) is 0. The number of fused-ring (bicyclic) bond motifs is 1. The number of hydrogen-bond acceptors (Lipinski definition) is 6. The number of para-hydroxylation sites is 1. The number of carbonyl (C=O) groups is 2. The zero-order valence-electron chi connectivity index (χ0n) is 22.1. The van der Waals surface area contributed by atoms with Crippen LogP contribution in [-0.2, 0) is 17.6 Å². The van der Waals surface area contributed by atoms with E-state index in [2.05, 4.69) is 26.7 Å². The number of halogens is 1. The van der Waals surface area contributed by atoms with E-state index in [4.69, 9.17) is 22.1 Å². The summed E-state index contributed by atoms with van der Waals surface area (Å²) in [6.45, 7) is 0.401. The maximum absolute atomic E-state index is 13.4. The van der Waals surface area contributed by atoms with E-state index < -0.39 is 17.9 Å². The second kappa shape index (κ2) is 12.7. The summed E-state index contributed by atoms with van der Waals surface area (Å²) in [5, 5.41) is 16.4. The summed E-state index contributed by atoms with van der Waals surface area (Å²) < 4.78 is 6.01. The van der Waals surface area contributed by atoms with Crippen LogP contribution in [0.4, 0.5) is 0 Å². The predicted octanol–water partition coefficient (Wildman–Crippen LogP) is 4.16. The molecule has 1 aromatic heterocycles. The minimum atomic E-state index is -0.911. The number of benzene rings is 3. The molecular weight excluding hydrogens is 540 g/mol. The summed E-state index contributed by atoms with van der Waals surface area (Å²) in [6, 6.07) is 21.0. The lowest BCUT2D eigenvalue weighted by Crippen LogP contribution is -2.46. The maximum Gasteiger partial charge on any atom is 0.255 e. The van der Waals surface area contributed by atoms with Crippen molar-refractivity contribution in [3.8, 4) is 11.8 Å². The van der Waals surface area contributed by atoms with Gasteiger partial charge in [0.25, 0.3) is 5.91 Å². The highest BCUT2D eigenvalue weighted by molar-refractivity contribution is 6.30. The smallest absolute Gasteiger partial charge is 0.255 e. The second-order valence-corrected chi connectivity index (χ2v) is 10.4. The van der Waals surface area contributed by atoms with E-state index in [0.29, 0.717) is 41.3 Å². The Balaban J connectivity index is 1.37. The molecule has 5 rings (SSSR count). The summed E-state index contributed by atoms with van der Waals surface area (Å²) >= 11 is 5.97. The van der Waals surface area contributed by atoms with Crippen molar-refractivity contribution in [3.05, 3.63) is 118 Å². The van der Waals surface area contributed by atoms with E-state index in [-0.39, 0.29) is 18.5 Å². The van der Waals surface area contributed by atoms with Gasteiger partial charge < -0.3 is 26.1 Å². The van der Waals surface area contributed by atoms with Gasteiger partial charge in [0.1, 0.15) is 11.8 Å². The molecule has 10 heteroatoms. The SMILES string of the molecule is N#Cc1cccc(CC(NC2CCOc3c(C(=O)N[C@@H](Cc4ccc(Cl)cc4)C(N)=O)cccc32)c2cnc[nH]2)c1. The topological polar surface area (TPSA) is 146 Å². The number of aromatic amines is 1. The van der Waals surface area contributed by atoms with Crippen molar-refractivity contribution < 1.29 is 14.3 Å². The normalized spacial score (nSPS) is 15.6. The molecule has 2 unspecified atom stereocenters. The van der Waals surface area contributed by atoms with Crippen LogP contribution in [0.25, 0.3) is 0 Å². The number of imidazole rings is 1. The first-order valence-electron chi connectivity index (χ1n) is 13.2. The fraction of sp³-hybridized carbons (Fsp3) is 0.226. The molecule has 208 valence electrons. The lowest BCUT2D eigenvalue weighted by Gasteiger charge is -2.31. The van der Waals surface area contributed by atoms with Gasteiger partial charge in [-0.25, -0.2) is 4.98 Å². The molecule has 2 amide bonds. The molecule has 0 radical (unpaired) electrons. The number of primary amides is 1. The number of ether oxygens (including phenoxy) is 1. The van der Waals surface area contributed by atoms with Crippen LogP contribution in [0.3, 0.4) is 0 Å². The summed E-state index contributed by atoms with van der Waals surface area (Å²) in [4.78, 5) is 33.0. The average molecular weight is 569 g/mol. The van der Waals surface area contributed by atoms with Crippen LogP contribution in [-0.4, -0.2) is 34.4 Å². The lowest BCUT2D eigenvalue weighted by atomic mass is 9.94. The fourth-order valence-electron chi connectivity index (χ4n) is 5.05. The van der Waals surface area contributed by atoms with Crippen molar-refractivity contribution >= 4 is 23.4 Å². The number of nitriles is 1. The molecule has 0 bridgehead atoms. The molecule has 0 fully saturated rings. The molecule has 9 nitrogen and oxygen atoms in total. The number of hydrogen-bond donors (Lipinski definition) is 4. The maximum atomic E-state index is 13.4. The van der Waals surface area contributed by atoms with E-state index >= 15 is 0 Å². The lowest BCUT2D eigenvalue weighted by molar-refractivity contribution is -0.119. The average Bonchev–Trinajstić information content (AvgIpc) is 3.53. The first-order chi connectivity index (χ1) is 19.9. The van der Waals surface area contributed by atoms with Crippen LogP contribution >= 0.6 is 11.6 Å². The monoisotopic (exact) mass is 568 g/mol. The van der Waals surface area contributed by atoms with Crippen LogP contribution in [0.5, 0.6) is 5.75 Å². The van der Waals surface area contributed by atoms with Crippen molar-refractivity contribution in [1.29, 1.82) is 5.26 Å². The zero-order valence-corrected chi connectivity index (χ0v) is 22.9. The van der Waals surface area contributed by atoms with Crippen molar-refractivity contribution in [2.24, 2.45) is 5.73 Å². The number of nitrogens with zero attached hydrogens (tertiary/aromatic N) is 2. The molecule has 5 N–H and O–H groups in total. The Kier molecular flexibility index (Phi) is 8.63. The first-order valence-corrected chi connectivity index (χ1v) is 13.6. The van der Waals surface area contributed by atoms with Crippen LogP contribution in [0, 0.1) is 11.3 Å². The van der Waals surface area contributed by atoms with Gasteiger partial charge in [0, 0.05) is 35.7 Å². The number of rotatable bonds is 10. The molecule has 0 spiro atoms. The molecule has 2 heterocycles. The Hall–Kier alpha value is -4.65. The molecule has 41 heavy (non-hydrogen) atoms. The van der Waals surface area contributed by atoms with Gasteiger partial charge in [0.15, 0.2) is 0 Å². The molecular formula is C31H29ClN6O3. The fourth-order valence-corrected chi connectivity index (χ4v) is 5.18. The van der Waals surface area contributed by atoms with Crippen LogP contribution in [0.1, 0.15) is 56.8 Å². The van der Waals surface area contributed by atoms with Crippen LogP contribution < -0.4 is 21.1 Å². The van der Waals surface area contributed by atoms with Gasteiger partial charge in [-0.15, -0.1) is 0 Å². The van der Waals surface area contributed by atoms with Gasteiger partial charge in [-0.3, -0.25) is 9.59 Å². The van der Waals surface area contributed by atoms with Crippen LogP contribution in [0.2, 0.25) is 5.02 Å². The number of amides is 2. The number of H-pyrrole nitrogens is 1. The third-order valence-corrected chi connectivity index (χ3v) is 7.37. The molecule has 4 aromatic rings. The molecule has 3 aromatic carbocycles. The Labute approximate surface area is 242 Å². The van der Waals surface area contributed by atoms with Gasteiger partial charge in [0.2, 0.25) is 5.91 Å². The van der Waals surface area contributed by atoms with E-state index in [1.54, 1.807) is 55.0 Å². The standard InChI is InChI=1S/C31H29ClN6O3/c32-22-9-7-19(8-10-22)14-27(30(34)39)38-31(40)24-6-2-5-23-25(11-12-41-29(23)24)37-26(28-17-35-18-36-28)15-20-3-1-4-21(13-20)16-33/h1-10,13,17-18,25-27,37H,11-12,14-15H2,(H2,34,39)(H,35,36)(H,38,40)/t25?,26?,27-/m0/s1. The number of carbonyl (C=O) groups excluding carboxylic acids is 2. The van der Waals surface area contributed by atoms with Crippen LogP contribution in [0.15, 0.2) is 79.3 Å². The van der Waals surface area contributed by atoms with Gasteiger partial charge in [-0.05, 0) is 47.9 Å². The van der Waals surface area contributed by atoms with Crippen molar-refractivity contribution in [2.75, 3.05) is 6.61 Å². The Bertz CT molecular complexity index is 1570. The minimum absolute atomic E-state index is 0.125. The number of nitrogens with one attached hydrogen (secondary N) is 3. The summed E-state index contributed by atoms with van der Waals surface area (Å²) in [5.41, 5.74) is 10.1. The predicted molar refractivity (Wildman–Crippen MR) is 154 cm³/mol. The zero-order chi connectivity index (χ0) is 28.8. The van der Waals surface area contributed by atoms with Crippen molar-refractivity contribution in [1.82, 2.24) is 20.6 Å². The van der Waals surface area contributed by atoms with Gasteiger partial charge in [0.05, 0.1) is 41.9 Å². The first kappa shape index (κ1) is 27.9. The third-order valence-electron chi connectivity index (χ3n) is 7.11. The molecule has 1 aliphatic rings. The Morgan fingerprint density at radius 2 is 1.93 bits per heavy atom. The van der Waals surface area contributed by atoms with Crippen molar-refractivity contribution in [3.63, 3.8) is 0 Å². The number of nitrogens with two attached hydrogens (primary N) is 1. The molecule has 1 aliphatic heterocycles. The molecule has 0 saturated heterocycles. The molecule has 0 saturated carbocycles. The van der Waals surface area contributed by atoms with Crippen molar-refractivity contribution in [2.45, 2.75) is 37.4 Å². The van der Waals surface area contributed by atoms with Gasteiger partial charge >= 0.3 is 0 Å². The quantitative estimate of drug-likeness (QED) is 0.226. The minimum Gasteiger partial charge on any atom is -0.492 e. The highest BCUT2D eigenvalue weighted by atomic mass is 35.5. The highest BCUT2D eigenvalue weighted by Crippen LogP contribution is 2.37. The van der Waals surface area contributed by atoms with E-state index in [1.165, 1.54) is 0 Å². The Morgan fingerprint density at radius 3 is 2.66 bits per heavy atom. The number of aromatic nitrogens is 2. The Morgan fingerprint density at radius 1 is 1.12 bits per heavy atom. The summed E-state index contributed by atoms with van der Waals surface area (Å²) in [6.07, 6.45) is 4.95. The largest absolute Gasteiger partial charge is 0.492 e. The van der Waals surface area contributed by atoms with E-state index in [1.807, 2.05) is 24.3 Å². The molecule has 0 aliphatic carbocycles. The van der Waals surface area contributed by atoms with E-state index in [0.717, 1.165) is 22.4 Å². The summed E-state index contributed by atoms with van der Waals surface area (Å²) in [5.74, 6) is -0.613. The highest BCUT2D eigenvalue weighted by Gasteiger charge is 2.30. The second-order valence-electron chi connectivity index (χ2n) is 9.92. The van der Waals surface area contributed by atoms with Gasteiger partial charge in [-0.2, -0.15) is 5.26 Å².